The van der Waals surface area contributed by atoms with Crippen LogP contribution in [0.2, 0.25) is 0 Å². The lowest BCUT2D eigenvalue weighted by Crippen LogP contribution is -2.45. The van der Waals surface area contributed by atoms with Crippen LogP contribution >= 0.6 is 11.3 Å². The first-order valence-electron chi connectivity index (χ1n) is 6.42. The molecule has 5 heteroatoms. The maximum absolute atomic E-state index is 11.9. The van der Waals surface area contributed by atoms with Crippen LogP contribution in [0.15, 0.2) is 5.38 Å². The molecule has 0 saturated heterocycles. The summed E-state index contributed by atoms with van der Waals surface area (Å²) in [6, 6.07) is 0.110. The highest BCUT2D eigenvalue weighted by atomic mass is 32.1. The standard InChI is InChI=1S/C13H23N3OS/c1-6-8(2)14-12(17)10(4)16-11(5)13-15-9(3)7-18-13/h7-8,10-11,16H,6H2,1-5H3,(H,14,17). The van der Waals surface area contributed by atoms with E-state index in [9.17, 15) is 4.79 Å². The maximum Gasteiger partial charge on any atom is 0.237 e. The van der Waals surface area contributed by atoms with E-state index in [2.05, 4.69) is 22.5 Å². The number of nitrogens with zero attached hydrogens (tertiary/aromatic N) is 1. The Hall–Kier alpha value is -0.940. The fourth-order valence-electron chi connectivity index (χ4n) is 1.56. The van der Waals surface area contributed by atoms with E-state index >= 15 is 0 Å². The predicted molar refractivity (Wildman–Crippen MR) is 75.8 cm³/mol. The largest absolute Gasteiger partial charge is 0.352 e. The quantitative estimate of drug-likeness (QED) is 0.834. The van der Waals surface area contributed by atoms with Gasteiger partial charge < -0.3 is 5.32 Å². The number of carbonyl (C=O) groups excluding carboxylic acids is 1. The van der Waals surface area contributed by atoms with Crippen LogP contribution in [0, 0.1) is 6.92 Å². The molecule has 2 N–H and O–H groups in total. The van der Waals surface area contributed by atoms with Gasteiger partial charge in [0.05, 0.1) is 12.1 Å². The smallest absolute Gasteiger partial charge is 0.237 e. The van der Waals surface area contributed by atoms with Gasteiger partial charge in [0.1, 0.15) is 5.01 Å². The average molecular weight is 269 g/mol. The summed E-state index contributed by atoms with van der Waals surface area (Å²) in [5, 5.41) is 9.30. The molecule has 0 aliphatic heterocycles. The Balaban J connectivity index is 2.48. The first-order chi connectivity index (χ1) is 8.43. The van der Waals surface area contributed by atoms with Gasteiger partial charge in [-0.15, -0.1) is 11.3 Å². The number of aromatic nitrogens is 1. The van der Waals surface area contributed by atoms with Crippen LogP contribution in [0.3, 0.4) is 0 Å². The Bertz CT molecular complexity index is 391. The van der Waals surface area contributed by atoms with Crippen molar-refractivity contribution in [1.29, 1.82) is 0 Å². The third kappa shape index (κ3) is 4.38. The van der Waals surface area contributed by atoms with Gasteiger partial charge in [-0.05, 0) is 34.1 Å². The fourth-order valence-corrected chi connectivity index (χ4v) is 2.38. The number of amides is 1. The summed E-state index contributed by atoms with van der Waals surface area (Å²) in [7, 11) is 0. The minimum absolute atomic E-state index is 0.0458. The highest BCUT2D eigenvalue weighted by Gasteiger charge is 2.18. The lowest BCUT2D eigenvalue weighted by Gasteiger charge is -2.20. The molecule has 1 heterocycles. The van der Waals surface area contributed by atoms with E-state index in [4.69, 9.17) is 0 Å². The first-order valence-corrected chi connectivity index (χ1v) is 7.30. The topological polar surface area (TPSA) is 54.0 Å². The number of thiazole rings is 1. The predicted octanol–water partition coefficient (Wildman–Crippen LogP) is 2.41. The van der Waals surface area contributed by atoms with Crippen LogP contribution in [0.1, 0.15) is 50.9 Å². The molecule has 0 aliphatic carbocycles. The number of carbonyl (C=O) groups is 1. The molecule has 0 bridgehead atoms. The average Bonchev–Trinajstić information content (AvgIpc) is 2.75. The van der Waals surface area contributed by atoms with Crippen LogP contribution in [-0.2, 0) is 4.79 Å². The van der Waals surface area contributed by atoms with Gasteiger partial charge in [0.25, 0.3) is 0 Å². The number of hydrogen-bond donors (Lipinski definition) is 2. The van der Waals surface area contributed by atoms with Crippen molar-refractivity contribution in [3.05, 3.63) is 16.1 Å². The molecule has 4 nitrogen and oxygen atoms in total. The second-order valence-corrected chi connectivity index (χ2v) is 5.64. The Morgan fingerprint density at radius 1 is 1.44 bits per heavy atom. The lowest BCUT2D eigenvalue weighted by molar-refractivity contribution is -0.123. The van der Waals surface area contributed by atoms with Crippen molar-refractivity contribution in [2.24, 2.45) is 0 Å². The lowest BCUT2D eigenvalue weighted by atomic mass is 10.2. The molecular formula is C13H23N3OS. The Morgan fingerprint density at radius 2 is 2.11 bits per heavy atom. The normalized spacial score (nSPS) is 16.1. The highest BCUT2D eigenvalue weighted by Crippen LogP contribution is 2.17. The van der Waals surface area contributed by atoms with Crippen LogP contribution < -0.4 is 10.6 Å². The van der Waals surface area contributed by atoms with Crippen LogP contribution in [-0.4, -0.2) is 23.0 Å². The molecule has 1 aromatic rings. The van der Waals surface area contributed by atoms with Crippen LogP contribution in [0.5, 0.6) is 0 Å². The minimum Gasteiger partial charge on any atom is -0.352 e. The monoisotopic (exact) mass is 269 g/mol. The van der Waals surface area contributed by atoms with E-state index in [0.29, 0.717) is 0 Å². The van der Waals surface area contributed by atoms with Crippen molar-refractivity contribution in [1.82, 2.24) is 15.6 Å². The summed E-state index contributed by atoms with van der Waals surface area (Å²) < 4.78 is 0. The van der Waals surface area contributed by atoms with E-state index in [1.54, 1.807) is 11.3 Å². The van der Waals surface area contributed by atoms with Crippen LogP contribution in [0.25, 0.3) is 0 Å². The molecule has 3 atom stereocenters. The summed E-state index contributed by atoms with van der Waals surface area (Å²) in [6.45, 7) is 9.97. The Morgan fingerprint density at radius 3 is 2.61 bits per heavy atom. The van der Waals surface area contributed by atoms with Gasteiger partial charge in [-0.25, -0.2) is 4.98 Å². The van der Waals surface area contributed by atoms with Crippen molar-refractivity contribution in [3.8, 4) is 0 Å². The number of hydrogen-bond acceptors (Lipinski definition) is 4. The summed E-state index contributed by atoms with van der Waals surface area (Å²) in [6.07, 6.45) is 0.944. The summed E-state index contributed by atoms with van der Waals surface area (Å²) >= 11 is 1.62. The van der Waals surface area contributed by atoms with E-state index < -0.39 is 0 Å². The highest BCUT2D eigenvalue weighted by molar-refractivity contribution is 7.09. The molecule has 0 saturated carbocycles. The molecule has 1 rings (SSSR count). The number of nitrogens with one attached hydrogen (secondary N) is 2. The van der Waals surface area contributed by atoms with E-state index in [-0.39, 0.29) is 24.0 Å². The molecule has 0 fully saturated rings. The van der Waals surface area contributed by atoms with Gasteiger partial charge in [-0.2, -0.15) is 0 Å². The van der Waals surface area contributed by atoms with Crippen LogP contribution in [0.4, 0.5) is 0 Å². The summed E-state index contributed by atoms with van der Waals surface area (Å²) in [4.78, 5) is 16.3. The van der Waals surface area contributed by atoms with Crippen molar-refractivity contribution >= 4 is 17.2 Å². The SMILES string of the molecule is CCC(C)NC(=O)C(C)NC(C)c1nc(C)cs1. The van der Waals surface area contributed by atoms with Crippen molar-refractivity contribution in [3.63, 3.8) is 0 Å². The molecule has 0 aliphatic rings. The molecule has 0 aromatic carbocycles. The zero-order valence-corrected chi connectivity index (χ0v) is 12.6. The Kier molecular flexibility index (Phi) is 5.75. The zero-order valence-electron chi connectivity index (χ0n) is 11.8. The fraction of sp³-hybridized carbons (Fsp3) is 0.692. The van der Waals surface area contributed by atoms with Gasteiger partial charge in [0.15, 0.2) is 0 Å². The molecule has 1 amide bonds. The third-order valence-corrected chi connectivity index (χ3v) is 4.05. The molecule has 0 spiro atoms. The van der Waals surface area contributed by atoms with E-state index in [0.717, 1.165) is 17.1 Å². The van der Waals surface area contributed by atoms with E-state index in [1.807, 2.05) is 33.1 Å². The molecular weight excluding hydrogens is 246 g/mol. The zero-order chi connectivity index (χ0) is 13.7. The third-order valence-electron chi connectivity index (χ3n) is 2.90. The van der Waals surface area contributed by atoms with E-state index in [1.165, 1.54) is 0 Å². The molecule has 3 unspecified atom stereocenters. The molecule has 0 radical (unpaired) electrons. The summed E-state index contributed by atoms with van der Waals surface area (Å²) in [5.41, 5.74) is 1.03. The molecule has 18 heavy (non-hydrogen) atoms. The van der Waals surface area contributed by atoms with Crippen molar-refractivity contribution in [2.75, 3.05) is 0 Å². The van der Waals surface area contributed by atoms with Gasteiger partial charge >= 0.3 is 0 Å². The Labute approximate surface area is 113 Å². The summed E-state index contributed by atoms with van der Waals surface area (Å²) in [5.74, 6) is 0.0458. The van der Waals surface area contributed by atoms with Gasteiger partial charge in [0, 0.05) is 17.1 Å². The first kappa shape index (κ1) is 15.1. The van der Waals surface area contributed by atoms with Crippen molar-refractivity contribution < 1.29 is 4.79 Å². The van der Waals surface area contributed by atoms with Gasteiger partial charge in [-0.3, -0.25) is 10.1 Å². The molecule has 102 valence electrons. The second-order valence-electron chi connectivity index (χ2n) is 4.76. The minimum atomic E-state index is -0.210. The van der Waals surface area contributed by atoms with Gasteiger partial charge in [0.2, 0.25) is 5.91 Å². The second kappa shape index (κ2) is 6.85. The van der Waals surface area contributed by atoms with Gasteiger partial charge in [-0.1, -0.05) is 6.92 Å². The number of aryl methyl sites for hydroxylation is 1. The number of rotatable bonds is 6. The maximum atomic E-state index is 11.9. The van der Waals surface area contributed by atoms with Crippen molar-refractivity contribution in [2.45, 2.75) is 59.2 Å². The molecule has 1 aromatic heterocycles.